The van der Waals surface area contributed by atoms with Gasteiger partial charge in [0.2, 0.25) is 0 Å². The fraction of sp³-hybridized carbons (Fsp3) is 0.545. The first-order valence-electron chi connectivity index (χ1n) is 4.96. The van der Waals surface area contributed by atoms with Gasteiger partial charge in [-0.05, 0) is 37.0 Å². The summed E-state index contributed by atoms with van der Waals surface area (Å²) in [5.74, 6) is 0. The van der Waals surface area contributed by atoms with E-state index in [1.165, 1.54) is 19.3 Å². The smallest absolute Gasteiger partial charge is 0.134 e. The first-order chi connectivity index (χ1) is 6.65. The van der Waals surface area contributed by atoms with E-state index in [1.54, 1.807) is 0 Å². The first kappa shape index (κ1) is 11.8. The van der Waals surface area contributed by atoms with Crippen LogP contribution >= 0.6 is 23.2 Å². The lowest BCUT2D eigenvalue weighted by atomic mass is 10.1. The van der Waals surface area contributed by atoms with Gasteiger partial charge in [0.1, 0.15) is 10.3 Å². The van der Waals surface area contributed by atoms with Crippen molar-refractivity contribution in [1.82, 2.24) is 4.98 Å². The average Bonchev–Trinajstić information content (AvgIpc) is 2.09. The van der Waals surface area contributed by atoms with E-state index in [-0.39, 0.29) is 0 Å². The minimum atomic E-state index is 0.478. The van der Waals surface area contributed by atoms with Gasteiger partial charge in [-0.3, -0.25) is 0 Å². The molecule has 0 aliphatic carbocycles. The van der Waals surface area contributed by atoms with Crippen LogP contribution < -0.4 is 0 Å². The molecule has 0 radical (unpaired) electrons. The minimum Gasteiger partial charge on any atom is -0.224 e. The molecule has 0 fully saturated rings. The SMILES string of the molecule is CCCCCc1c(C)cc(Cl)nc1Cl. The number of hydrogen-bond acceptors (Lipinski definition) is 1. The topological polar surface area (TPSA) is 12.9 Å². The van der Waals surface area contributed by atoms with Crippen molar-refractivity contribution < 1.29 is 0 Å². The molecule has 3 heteroatoms. The van der Waals surface area contributed by atoms with Gasteiger partial charge < -0.3 is 0 Å². The Morgan fingerprint density at radius 3 is 2.57 bits per heavy atom. The maximum atomic E-state index is 6.02. The van der Waals surface area contributed by atoms with Crippen molar-refractivity contribution in [3.8, 4) is 0 Å². The van der Waals surface area contributed by atoms with Crippen LogP contribution in [0.4, 0.5) is 0 Å². The molecule has 0 aliphatic rings. The van der Waals surface area contributed by atoms with Crippen molar-refractivity contribution in [3.63, 3.8) is 0 Å². The van der Waals surface area contributed by atoms with Gasteiger partial charge in [-0.1, -0.05) is 43.0 Å². The maximum Gasteiger partial charge on any atom is 0.134 e. The molecule has 0 amide bonds. The number of unbranched alkanes of at least 4 members (excludes halogenated alkanes) is 2. The Labute approximate surface area is 95.4 Å². The molecule has 1 aromatic rings. The lowest BCUT2D eigenvalue weighted by Gasteiger charge is -2.07. The molecule has 0 atom stereocenters. The van der Waals surface area contributed by atoms with Crippen molar-refractivity contribution in [3.05, 3.63) is 27.5 Å². The molecule has 0 saturated carbocycles. The molecule has 14 heavy (non-hydrogen) atoms. The van der Waals surface area contributed by atoms with Crippen molar-refractivity contribution in [2.45, 2.75) is 39.5 Å². The molecule has 0 spiro atoms. The molecule has 0 unspecified atom stereocenters. The molecule has 0 N–H and O–H groups in total. The molecule has 1 heterocycles. The van der Waals surface area contributed by atoms with Gasteiger partial charge >= 0.3 is 0 Å². The fourth-order valence-corrected chi connectivity index (χ4v) is 2.10. The number of nitrogens with zero attached hydrogens (tertiary/aromatic N) is 1. The highest BCUT2D eigenvalue weighted by molar-refractivity contribution is 6.33. The van der Waals surface area contributed by atoms with Crippen LogP contribution in [-0.2, 0) is 6.42 Å². The monoisotopic (exact) mass is 231 g/mol. The Morgan fingerprint density at radius 2 is 2.00 bits per heavy atom. The highest BCUT2D eigenvalue weighted by Gasteiger charge is 2.06. The van der Waals surface area contributed by atoms with E-state index in [0.29, 0.717) is 10.3 Å². The zero-order valence-corrected chi connectivity index (χ0v) is 10.1. The number of rotatable bonds is 4. The summed E-state index contributed by atoms with van der Waals surface area (Å²) in [6.07, 6.45) is 4.62. The average molecular weight is 232 g/mol. The summed E-state index contributed by atoms with van der Waals surface area (Å²) in [6, 6.07) is 1.87. The van der Waals surface area contributed by atoms with Crippen LogP contribution in [0.5, 0.6) is 0 Å². The van der Waals surface area contributed by atoms with Crippen molar-refractivity contribution in [2.75, 3.05) is 0 Å². The van der Waals surface area contributed by atoms with Gasteiger partial charge in [-0.15, -0.1) is 0 Å². The zero-order chi connectivity index (χ0) is 10.6. The van der Waals surface area contributed by atoms with Gasteiger partial charge in [0.15, 0.2) is 0 Å². The number of pyridine rings is 1. The summed E-state index contributed by atoms with van der Waals surface area (Å²) in [6.45, 7) is 4.22. The Bertz CT molecular complexity index is 287. The van der Waals surface area contributed by atoms with Crippen LogP contribution in [0.25, 0.3) is 0 Å². The van der Waals surface area contributed by atoms with Gasteiger partial charge in [0.05, 0.1) is 0 Å². The van der Waals surface area contributed by atoms with E-state index in [2.05, 4.69) is 11.9 Å². The van der Waals surface area contributed by atoms with Crippen molar-refractivity contribution >= 4 is 23.2 Å². The molecular weight excluding hydrogens is 217 g/mol. The zero-order valence-electron chi connectivity index (χ0n) is 8.61. The predicted octanol–water partition coefficient (Wildman–Crippen LogP) is 4.43. The maximum absolute atomic E-state index is 6.02. The van der Waals surface area contributed by atoms with Crippen LogP contribution in [0.2, 0.25) is 10.3 Å². The highest BCUT2D eigenvalue weighted by Crippen LogP contribution is 2.23. The second-order valence-corrected chi connectivity index (χ2v) is 4.23. The molecule has 0 aliphatic heterocycles. The molecule has 1 aromatic heterocycles. The van der Waals surface area contributed by atoms with Gasteiger partial charge in [0, 0.05) is 0 Å². The Morgan fingerprint density at radius 1 is 1.29 bits per heavy atom. The highest BCUT2D eigenvalue weighted by atomic mass is 35.5. The van der Waals surface area contributed by atoms with Crippen LogP contribution in [0.1, 0.15) is 37.3 Å². The van der Waals surface area contributed by atoms with Crippen LogP contribution in [0, 0.1) is 6.92 Å². The predicted molar refractivity (Wildman–Crippen MR) is 62.2 cm³/mol. The van der Waals surface area contributed by atoms with E-state index >= 15 is 0 Å². The van der Waals surface area contributed by atoms with Crippen molar-refractivity contribution in [2.24, 2.45) is 0 Å². The summed E-state index contributed by atoms with van der Waals surface area (Å²) >= 11 is 11.8. The second-order valence-electron chi connectivity index (χ2n) is 3.49. The number of halogens is 2. The van der Waals surface area contributed by atoms with Crippen LogP contribution in [0.3, 0.4) is 0 Å². The van der Waals surface area contributed by atoms with E-state index in [1.807, 2.05) is 13.0 Å². The molecule has 0 saturated heterocycles. The lowest BCUT2D eigenvalue weighted by molar-refractivity contribution is 0.714. The third-order valence-electron chi connectivity index (χ3n) is 2.30. The van der Waals surface area contributed by atoms with Gasteiger partial charge in [-0.25, -0.2) is 4.98 Å². The fourth-order valence-electron chi connectivity index (χ4n) is 1.47. The Balaban J connectivity index is 2.75. The summed E-state index contributed by atoms with van der Waals surface area (Å²) in [7, 11) is 0. The largest absolute Gasteiger partial charge is 0.224 e. The normalized spacial score (nSPS) is 10.6. The van der Waals surface area contributed by atoms with E-state index in [0.717, 1.165) is 17.5 Å². The van der Waals surface area contributed by atoms with Crippen LogP contribution in [-0.4, -0.2) is 4.98 Å². The molecular formula is C11H15Cl2N. The first-order valence-corrected chi connectivity index (χ1v) is 5.72. The molecule has 78 valence electrons. The van der Waals surface area contributed by atoms with Crippen molar-refractivity contribution in [1.29, 1.82) is 0 Å². The number of aryl methyl sites for hydroxylation is 1. The van der Waals surface area contributed by atoms with E-state index in [4.69, 9.17) is 23.2 Å². The third kappa shape index (κ3) is 3.14. The summed E-state index contributed by atoms with van der Waals surface area (Å²) in [5.41, 5.74) is 2.29. The quantitative estimate of drug-likeness (QED) is 0.552. The van der Waals surface area contributed by atoms with Gasteiger partial charge in [-0.2, -0.15) is 0 Å². The van der Waals surface area contributed by atoms with Crippen LogP contribution in [0.15, 0.2) is 6.07 Å². The Hall–Kier alpha value is -0.270. The van der Waals surface area contributed by atoms with E-state index < -0.39 is 0 Å². The number of hydrogen-bond donors (Lipinski definition) is 0. The summed E-state index contributed by atoms with van der Waals surface area (Å²) in [5, 5.41) is 1.04. The second kappa shape index (κ2) is 5.57. The summed E-state index contributed by atoms with van der Waals surface area (Å²) < 4.78 is 0. The standard InChI is InChI=1S/C11H15Cl2N/c1-3-4-5-6-9-8(2)7-10(12)14-11(9)13/h7H,3-6H2,1-2H3. The summed E-state index contributed by atoms with van der Waals surface area (Å²) in [4.78, 5) is 4.04. The number of aromatic nitrogens is 1. The molecule has 1 nitrogen and oxygen atoms in total. The third-order valence-corrected chi connectivity index (χ3v) is 2.80. The molecule has 0 bridgehead atoms. The van der Waals surface area contributed by atoms with E-state index in [9.17, 15) is 0 Å². The Kier molecular flexibility index (Phi) is 4.70. The lowest BCUT2D eigenvalue weighted by Crippen LogP contribution is -1.94. The molecule has 0 aromatic carbocycles. The van der Waals surface area contributed by atoms with Gasteiger partial charge in [0.25, 0.3) is 0 Å². The molecule has 1 rings (SSSR count). The minimum absolute atomic E-state index is 0.478.